The molecule has 23 heavy (non-hydrogen) atoms. The van der Waals surface area contributed by atoms with Gasteiger partial charge in [-0.25, -0.2) is 4.79 Å². The zero-order valence-electron chi connectivity index (χ0n) is 13.6. The van der Waals surface area contributed by atoms with Crippen LogP contribution < -0.4 is 0 Å². The Balaban J connectivity index is 2.13. The van der Waals surface area contributed by atoms with Crippen molar-refractivity contribution in [2.45, 2.75) is 38.9 Å². The number of piperidine rings is 1. The van der Waals surface area contributed by atoms with E-state index in [9.17, 15) is 14.7 Å². The molecule has 0 spiro atoms. The first-order valence-corrected chi connectivity index (χ1v) is 8.00. The van der Waals surface area contributed by atoms with Gasteiger partial charge in [-0.05, 0) is 32.4 Å². The Bertz CT molecular complexity index is 597. The molecule has 126 valence electrons. The number of halogens is 1. The zero-order chi connectivity index (χ0) is 17.2. The van der Waals surface area contributed by atoms with Crippen LogP contribution in [0.3, 0.4) is 0 Å². The summed E-state index contributed by atoms with van der Waals surface area (Å²) in [6.45, 7) is 5.79. The Morgan fingerprint density at radius 3 is 2.65 bits per heavy atom. The highest BCUT2D eigenvalue weighted by atomic mass is 35.5. The Morgan fingerprint density at radius 1 is 1.39 bits per heavy atom. The zero-order valence-corrected chi connectivity index (χ0v) is 14.3. The second-order valence-electron chi connectivity index (χ2n) is 6.72. The number of ketones is 1. The molecule has 0 radical (unpaired) electrons. The molecule has 1 aliphatic rings. The molecule has 1 amide bonds. The Kier molecular flexibility index (Phi) is 5.32. The van der Waals surface area contributed by atoms with E-state index >= 15 is 0 Å². The van der Waals surface area contributed by atoms with Crippen LogP contribution in [-0.2, 0) is 9.53 Å². The standard InChI is InChI=1S/C17H22ClNO4/c1-17(2,3)23-16(22)19-9-8-14(20)12(10-19)15(21)11-6-4-5-7-13(11)18/h4-7,12,15,21H,8-10H2,1-3H3/t12-,15+/m0/s1. The van der Waals surface area contributed by atoms with E-state index in [1.807, 2.05) is 0 Å². The molecule has 0 unspecified atom stereocenters. The van der Waals surface area contributed by atoms with Gasteiger partial charge in [0.1, 0.15) is 11.4 Å². The van der Waals surface area contributed by atoms with Gasteiger partial charge >= 0.3 is 6.09 Å². The minimum absolute atomic E-state index is 0.0720. The average Bonchev–Trinajstić information content (AvgIpc) is 2.45. The minimum Gasteiger partial charge on any atom is -0.444 e. The SMILES string of the molecule is CC(C)(C)OC(=O)N1CCC(=O)[C@@H]([C@H](O)c2ccccc2Cl)C1. The number of carbonyl (C=O) groups is 2. The summed E-state index contributed by atoms with van der Waals surface area (Å²) in [6, 6.07) is 6.86. The van der Waals surface area contributed by atoms with E-state index in [0.717, 1.165) is 0 Å². The lowest BCUT2D eigenvalue weighted by atomic mass is 9.87. The number of amides is 1. The number of hydrogen-bond acceptors (Lipinski definition) is 4. The highest BCUT2D eigenvalue weighted by Crippen LogP contribution is 2.32. The quantitative estimate of drug-likeness (QED) is 0.898. The Morgan fingerprint density at radius 2 is 2.04 bits per heavy atom. The smallest absolute Gasteiger partial charge is 0.410 e. The molecule has 1 aromatic carbocycles. The molecular formula is C17H22ClNO4. The molecular weight excluding hydrogens is 318 g/mol. The largest absolute Gasteiger partial charge is 0.444 e. The summed E-state index contributed by atoms with van der Waals surface area (Å²) in [5, 5.41) is 10.9. The fourth-order valence-corrected chi connectivity index (χ4v) is 2.81. The summed E-state index contributed by atoms with van der Waals surface area (Å²) in [5.41, 5.74) is -0.103. The predicted octanol–water partition coefficient (Wildman–Crippen LogP) is 3.20. The maximum absolute atomic E-state index is 12.2. The van der Waals surface area contributed by atoms with Crippen molar-refractivity contribution in [3.8, 4) is 0 Å². The normalized spacial score (nSPS) is 20.3. The van der Waals surface area contributed by atoms with Gasteiger partial charge in [0.25, 0.3) is 0 Å². The minimum atomic E-state index is -1.04. The summed E-state index contributed by atoms with van der Waals surface area (Å²) in [4.78, 5) is 25.8. The first-order valence-electron chi connectivity index (χ1n) is 7.62. The van der Waals surface area contributed by atoms with Gasteiger partial charge in [-0.15, -0.1) is 0 Å². The van der Waals surface area contributed by atoms with Crippen molar-refractivity contribution in [3.05, 3.63) is 34.9 Å². The number of aliphatic hydroxyl groups is 1. The third-order valence-corrected chi connectivity index (χ3v) is 4.06. The van der Waals surface area contributed by atoms with Gasteiger partial charge in [0.2, 0.25) is 0 Å². The van der Waals surface area contributed by atoms with Gasteiger partial charge < -0.3 is 14.7 Å². The number of rotatable bonds is 2. The van der Waals surface area contributed by atoms with Gasteiger partial charge in [0, 0.05) is 24.5 Å². The van der Waals surface area contributed by atoms with Crippen LogP contribution >= 0.6 is 11.6 Å². The van der Waals surface area contributed by atoms with Crippen molar-refractivity contribution in [1.82, 2.24) is 4.90 Å². The maximum atomic E-state index is 12.2. The first-order chi connectivity index (χ1) is 10.7. The molecule has 1 heterocycles. The van der Waals surface area contributed by atoms with Gasteiger partial charge in [0.05, 0.1) is 12.0 Å². The van der Waals surface area contributed by atoms with Gasteiger partial charge in [-0.1, -0.05) is 29.8 Å². The summed E-state index contributed by atoms with van der Waals surface area (Å²) in [6.07, 6.45) is -1.31. The third-order valence-electron chi connectivity index (χ3n) is 3.72. The molecule has 1 aromatic rings. The molecule has 0 saturated carbocycles. The lowest BCUT2D eigenvalue weighted by Crippen LogP contribution is -2.47. The second kappa shape index (κ2) is 6.89. The maximum Gasteiger partial charge on any atom is 0.410 e. The average molecular weight is 340 g/mol. The highest BCUT2D eigenvalue weighted by Gasteiger charge is 2.37. The molecule has 6 heteroatoms. The molecule has 1 fully saturated rings. The Labute approximate surface area is 141 Å². The summed E-state index contributed by atoms with van der Waals surface area (Å²) >= 11 is 6.10. The van der Waals surface area contributed by atoms with Gasteiger partial charge in [-0.3, -0.25) is 4.79 Å². The molecule has 1 N–H and O–H groups in total. The molecule has 0 aliphatic carbocycles. The number of aliphatic hydroxyl groups excluding tert-OH is 1. The van der Waals surface area contributed by atoms with Crippen LogP contribution in [0.25, 0.3) is 0 Å². The second-order valence-corrected chi connectivity index (χ2v) is 7.12. The predicted molar refractivity (Wildman–Crippen MR) is 87.3 cm³/mol. The number of ether oxygens (including phenoxy) is 1. The highest BCUT2D eigenvalue weighted by molar-refractivity contribution is 6.31. The lowest BCUT2D eigenvalue weighted by Gasteiger charge is -2.35. The number of carbonyl (C=O) groups excluding carboxylic acids is 2. The van der Waals surface area contributed by atoms with E-state index in [1.54, 1.807) is 45.0 Å². The number of benzene rings is 1. The number of likely N-dealkylation sites (tertiary alicyclic amines) is 1. The van der Waals surface area contributed by atoms with Crippen LogP contribution in [0, 0.1) is 5.92 Å². The Hall–Kier alpha value is -1.59. The van der Waals surface area contributed by atoms with Crippen LogP contribution in [-0.4, -0.2) is 40.6 Å². The van der Waals surface area contributed by atoms with Crippen LogP contribution in [0.15, 0.2) is 24.3 Å². The number of hydrogen-bond donors (Lipinski definition) is 1. The van der Waals surface area contributed by atoms with Crippen LogP contribution in [0.4, 0.5) is 4.79 Å². The van der Waals surface area contributed by atoms with Crippen LogP contribution in [0.1, 0.15) is 38.9 Å². The van der Waals surface area contributed by atoms with Crippen molar-refractivity contribution >= 4 is 23.5 Å². The summed E-state index contributed by atoms with van der Waals surface area (Å²) in [5.74, 6) is -0.770. The molecule has 1 saturated heterocycles. The van der Waals surface area contributed by atoms with Crippen molar-refractivity contribution < 1.29 is 19.4 Å². The van der Waals surface area contributed by atoms with E-state index in [-0.39, 0.29) is 18.7 Å². The molecule has 0 aromatic heterocycles. The van der Waals surface area contributed by atoms with E-state index in [4.69, 9.17) is 16.3 Å². The molecule has 1 aliphatic heterocycles. The topological polar surface area (TPSA) is 66.8 Å². The molecule has 2 atom stereocenters. The third kappa shape index (κ3) is 4.45. The fourth-order valence-electron chi connectivity index (χ4n) is 2.56. The molecule has 2 rings (SSSR count). The lowest BCUT2D eigenvalue weighted by molar-refractivity contribution is -0.130. The number of nitrogens with zero attached hydrogens (tertiary/aromatic N) is 1. The van der Waals surface area contributed by atoms with Crippen molar-refractivity contribution in [2.75, 3.05) is 13.1 Å². The summed E-state index contributed by atoms with van der Waals surface area (Å²) < 4.78 is 5.34. The van der Waals surface area contributed by atoms with E-state index in [0.29, 0.717) is 17.1 Å². The first kappa shape index (κ1) is 17.8. The van der Waals surface area contributed by atoms with Crippen LogP contribution in [0.5, 0.6) is 0 Å². The molecule has 0 bridgehead atoms. The van der Waals surface area contributed by atoms with Crippen LogP contribution in [0.2, 0.25) is 5.02 Å². The number of Topliss-reactive ketones (excluding diaryl/α,β-unsaturated/α-hetero) is 1. The van der Waals surface area contributed by atoms with E-state index in [1.165, 1.54) is 4.90 Å². The summed E-state index contributed by atoms with van der Waals surface area (Å²) in [7, 11) is 0. The van der Waals surface area contributed by atoms with Crippen molar-refractivity contribution in [1.29, 1.82) is 0 Å². The van der Waals surface area contributed by atoms with E-state index < -0.39 is 23.7 Å². The van der Waals surface area contributed by atoms with Gasteiger partial charge in [0.15, 0.2) is 0 Å². The monoisotopic (exact) mass is 339 g/mol. The van der Waals surface area contributed by atoms with Gasteiger partial charge in [-0.2, -0.15) is 0 Å². The van der Waals surface area contributed by atoms with E-state index in [2.05, 4.69) is 0 Å². The van der Waals surface area contributed by atoms with Crippen molar-refractivity contribution in [2.24, 2.45) is 5.92 Å². The van der Waals surface area contributed by atoms with Crippen molar-refractivity contribution in [3.63, 3.8) is 0 Å². The molecule has 5 nitrogen and oxygen atoms in total. The fraction of sp³-hybridized carbons (Fsp3) is 0.529.